The molecule has 1 rings (SSSR count). The summed E-state index contributed by atoms with van der Waals surface area (Å²) in [4.78, 5) is 22.5. The van der Waals surface area contributed by atoms with Crippen molar-refractivity contribution in [3.63, 3.8) is 0 Å². The molecule has 1 aliphatic carbocycles. The minimum atomic E-state index is -0.736. The molecular weight excluding hydrogens is 222 g/mol. The molecule has 1 fully saturated rings. The summed E-state index contributed by atoms with van der Waals surface area (Å²) in [6.07, 6.45) is 2.58. The van der Waals surface area contributed by atoms with Gasteiger partial charge in [0.15, 0.2) is 0 Å². The Bertz CT molecular complexity index is 259. The van der Waals surface area contributed by atoms with Crippen LogP contribution < -0.4 is 5.32 Å². The number of ether oxygens (including phenoxy) is 1. The second-order valence-corrected chi connectivity index (χ2v) is 4.37. The third-order valence-corrected chi connectivity index (χ3v) is 3.20. The van der Waals surface area contributed by atoms with E-state index in [0.717, 1.165) is 0 Å². The number of carbonyl (C=O) groups is 2. The quantitative estimate of drug-likeness (QED) is 0.683. The molecular formula is C12H21NO4. The fourth-order valence-corrected chi connectivity index (χ4v) is 2.14. The lowest BCUT2D eigenvalue weighted by Crippen LogP contribution is -2.36. The average molecular weight is 243 g/mol. The molecule has 0 spiro atoms. The van der Waals surface area contributed by atoms with Gasteiger partial charge in [-0.15, -0.1) is 0 Å². The summed E-state index contributed by atoms with van der Waals surface area (Å²) in [6.45, 7) is 3.63. The molecule has 0 aromatic heterocycles. The van der Waals surface area contributed by atoms with Gasteiger partial charge in [0.2, 0.25) is 5.91 Å². The summed E-state index contributed by atoms with van der Waals surface area (Å²) in [5, 5.41) is 11.7. The Morgan fingerprint density at radius 2 is 1.82 bits per heavy atom. The Balaban J connectivity index is 2.19. The molecule has 5 nitrogen and oxygen atoms in total. The van der Waals surface area contributed by atoms with Crippen LogP contribution in [0.2, 0.25) is 0 Å². The molecule has 0 unspecified atom stereocenters. The highest BCUT2D eigenvalue weighted by atomic mass is 16.5. The van der Waals surface area contributed by atoms with Crippen LogP contribution in [0.3, 0.4) is 0 Å². The Hall–Kier alpha value is -1.10. The van der Waals surface area contributed by atoms with Gasteiger partial charge in [-0.25, -0.2) is 0 Å². The van der Waals surface area contributed by atoms with Crippen LogP contribution in [-0.4, -0.2) is 36.7 Å². The van der Waals surface area contributed by atoms with E-state index in [9.17, 15) is 9.59 Å². The zero-order valence-corrected chi connectivity index (χ0v) is 10.3. The van der Waals surface area contributed by atoms with Gasteiger partial charge in [0.25, 0.3) is 0 Å². The zero-order chi connectivity index (χ0) is 12.7. The Kier molecular flexibility index (Phi) is 5.97. The molecule has 17 heavy (non-hydrogen) atoms. The molecule has 0 atom stereocenters. The van der Waals surface area contributed by atoms with Crippen molar-refractivity contribution in [2.45, 2.75) is 32.6 Å². The fourth-order valence-electron chi connectivity index (χ4n) is 2.14. The molecule has 0 aliphatic heterocycles. The standard InChI is InChI=1S/C12H21NO4/c1-2-17-8-7-13-11(14)9-3-5-10(6-4-9)12(15)16/h9-10H,2-8H2,1H3,(H,13,14)(H,15,16). The van der Waals surface area contributed by atoms with E-state index in [2.05, 4.69) is 5.32 Å². The Labute approximate surface area is 102 Å². The van der Waals surface area contributed by atoms with E-state index in [-0.39, 0.29) is 17.7 Å². The first-order valence-electron chi connectivity index (χ1n) is 6.23. The number of aliphatic carboxylic acids is 1. The summed E-state index contributed by atoms with van der Waals surface area (Å²) >= 11 is 0. The number of carboxylic acids is 1. The SMILES string of the molecule is CCOCCNC(=O)C1CCC(C(=O)O)CC1. The van der Waals surface area contributed by atoms with Gasteiger partial charge in [-0.05, 0) is 32.6 Å². The third-order valence-electron chi connectivity index (χ3n) is 3.20. The van der Waals surface area contributed by atoms with Crippen molar-refractivity contribution in [1.29, 1.82) is 0 Å². The summed E-state index contributed by atoms with van der Waals surface area (Å²) in [5.41, 5.74) is 0. The van der Waals surface area contributed by atoms with Gasteiger partial charge < -0.3 is 15.2 Å². The van der Waals surface area contributed by atoms with E-state index in [4.69, 9.17) is 9.84 Å². The van der Waals surface area contributed by atoms with Crippen LogP contribution in [0.5, 0.6) is 0 Å². The highest BCUT2D eigenvalue weighted by Crippen LogP contribution is 2.28. The lowest BCUT2D eigenvalue weighted by molar-refractivity contribution is -0.144. The molecule has 0 heterocycles. The Morgan fingerprint density at radius 1 is 1.24 bits per heavy atom. The van der Waals surface area contributed by atoms with Gasteiger partial charge in [0.05, 0.1) is 12.5 Å². The maximum absolute atomic E-state index is 11.7. The number of hydrogen-bond acceptors (Lipinski definition) is 3. The van der Waals surface area contributed by atoms with Crippen LogP contribution >= 0.6 is 0 Å². The first-order chi connectivity index (χ1) is 8.15. The lowest BCUT2D eigenvalue weighted by atomic mass is 9.81. The normalized spacial score (nSPS) is 24.3. The highest BCUT2D eigenvalue weighted by molar-refractivity contribution is 5.79. The number of hydrogen-bond donors (Lipinski definition) is 2. The molecule has 0 saturated heterocycles. The Morgan fingerprint density at radius 3 is 2.35 bits per heavy atom. The topological polar surface area (TPSA) is 75.6 Å². The molecule has 0 radical (unpaired) electrons. The van der Waals surface area contributed by atoms with Crippen LogP contribution in [0.15, 0.2) is 0 Å². The maximum Gasteiger partial charge on any atom is 0.306 e. The van der Waals surface area contributed by atoms with E-state index in [1.165, 1.54) is 0 Å². The second kappa shape index (κ2) is 7.27. The number of carboxylic acid groups (broad SMARTS) is 1. The van der Waals surface area contributed by atoms with Crippen LogP contribution in [0.25, 0.3) is 0 Å². The molecule has 0 bridgehead atoms. The largest absolute Gasteiger partial charge is 0.481 e. The summed E-state index contributed by atoms with van der Waals surface area (Å²) in [6, 6.07) is 0. The number of amides is 1. The number of nitrogens with one attached hydrogen (secondary N) is 1. The van der Waals surface area contributed by atoms with Gasteiger partial charge in [-0.2, -0.15) is 0 Å². The van der Waals surface area contributed by atoms with Gasteiger partial charge in [0.1, 0.15) is 0 Å². The average Bonchev–Trinajstić information content (AvgIpc) is 2.34. The van der Waals surface area contributed by atoms with Crippen molar-refractivity contribution < 1.29 is 19.4 Å². The number of carbonyl (C=O) groups excluding carboxylic acids is 1. The van der Waals surface area contributed by atoms with E-state index in [0.29, 0.717) is 45.4 Å². The van der Waals surface area contributed by atoms with E-state index >= 15 is 0 Å². The van der Waals surface area contributed by atoms with Crippen LogP contribution in [-0.2, 0) is 14.3 Å². The van der Waals surface area contributed by atoms with Gasteiger partial charge in [-0.3, -0.25) is 9.59 Å². The first kappa shape index (κ1) is 14.0. The molecule has 98 valence electrons. The predicted molar refractivity (Wildman–Crippen MR) is 62.6 cm³/mol. The minimum Gasteiger partial charge on any atom is -0.481 e. The zero-order valence-electron chi connectivity index (χ0n) is 10.3. The molecule has 1 amide bonds. The predicted octanol–water partition coefficient (Wildman–Crippen LogP) is 1.03. The summed E-state index contributed by atoms with van der Waals surface area (Å²) < 4.78 is 5.13. The summed E-state index contributed by atoms with van der Waals surface area (Å²) in [7, 11) is 0. The first-order valence-corrected chi connectivity index (χ1v) is 6.23. The second-order valence-electron chi connectivity index (χ2n) is 4.37. The minimum absolute atomic E-state index is 0.0211. The van der Waals surface area contributed by atoms with Crippen LogP contribution in [0, 0.1) is 11.8 Å². The highest BCUT2D eigenvalue weighted by Gasteiger charge is 2.29. The van der Waals surface area contributed by atoms with E-state index in [1.54, 1.807) is 0 Å². The van der Waals surface area contributed by atoms with Gasteiger partial charge in [-0.1, -0.05) is 0 Å². The van der Waals surface area contributed by atoms with Gasteiger partial charge >= 0.3 is 5.97 Å². The van der Waals surface area contributed by atoms with Crippen molar-refractivity contribution in [1.82, 2.24) is 5.32 Å². The van der Waals surface area contributed by atoms with Crippen LogP contribution in [0.4, 0.5) is 0 Å². The van der Waals surface area contributed by atoms with Crippen molar-refractivity contribution in [3.05, 3.63) is 0 Å². The number of rotatable bonds is 6. The lowest BCUT2D eigenvalue weighted by Gasteiger charge is -2.25. The van der Waals surface area contributed by atoms with Gasteiger partial charge in [0, 0.05) is 19.1 Å². The molecule has 5 heteroatoms. The third kappa shape index (κ3) is 4.73. The van der Waals surface area contributed by atoms with Crippen molar-refractivity contribution in [2.75, 3.05) is 19.8 Å². The molecule has 0 aromatic carbocycles. The smallest absolute Gasteiger partial charge is 0.306 e. The summed E-state index contributed by atoms with van der Waals surface area (Å²) in [5.74, 6) is -0.983. The van der Waals surface area contributed by atoms with Crippen molar-refractivity contribution >= 4 is 11.9 Å². The molecule has 0 aromatic rings. The molecule has 1 aliphatic rings. The molecule has 1 saturated carbocycles. The van der Waals surface area contributed by atoms with E-state index in [1.807, 2.05) is 6.92 Å². The van der Waals surface area contributed by atoms with Crippen LogP contribution in [0.1, 0.15) is 32.6 Å². The van der Waals surface area contributed by atoms with Crippen molar-refractivity contribution in [3.8, 4) is 0 Å². The van der Waals surface area contributed by atoms with E-state index < -0.39 is 5.97 Å². The van der Waals surface area contributed by atoms with Crippen molar-refractivity contribution in [2.24, 2.45) is 11.8 Å². The fraction of sp³-hybridized carbons (Fsp3) is 0.833. The monoisotopic (exact) mass is 243 g/mol. The molecule has 2 N–H and O–H groups in total. The maximum atomic E-state index is 11.7.